The molecule has 1 aromatic heterocycles. The molecule has 104 valence electrons. The Labute approximate surface area is 119 Å². The number of hydrogen-bond acceptors (Lipinski definition) is 2. The largest absolute Gasteiger partial charge is 0.336 e. The van der Waals surface area contributed by atoms with Gasteiger partial charge in [0.15, 0.2) is 0 Å². The molecule has 20 heavy (non-hydrogen) atoms. The van der Waals surface area contributed by atoms with Crippen LogP contribution in [0.2, 0.25) is 0 Å². The third kappa shape index (κ3) is 2.28. The third-order valence-electron chi connectivity index (χ3n) is 4.25. The van der Waals surface area contributed by atoms with Crippen molar-refractivity contribution in [2.75, 3.05) is 6.54 Å². The van der Waals surface area contributed by atoms with Gasteiger partial charge < -0.3 is 4.90 Å². The van der Waals surface area contributed by atoms with Crippen LogP contribution in [0.5, 0.6) is 0 Å². The van der Waals surface area contributed by atoms with Gasteiger partial charge in [0.05, 0.1) is 11.1 Å². The Balaban J connectivity index is 1.98. The van der Waals surface area contributed by atoms with Gasteiger partial charge in [-0.05, 0) is 31.9 Å². The van der Waals surface area contributed by atoms with Crippen molar-refractivity contribution in [1.82, 2.24) is 9.88 Å². The first-order valence-corrected chi connectivity index (χ1v) is 7.46. The monoisotopic (exact) mass is 268 g/mol. The van der Waals surface area contributed by atoms with Gasteiger partial charge in [0.25, 0.3) is 5.91 Å². The van der Waals surface area contributed by atoms with Crippen LogP contribution in [0.25, 0.3) is 10.9 Å². The molecule has 1 amide bonds. The van der Waals surface area contributed by atoms with Crippen LogP contribution in [0, 0.1) is 0 Å². The molecule has 3 nitrogen and oxygen atoms in total. The summed E-state index contributed by atoms with van der Waals surface area (Å²) >= 11 is 0. The van der Waals surface area contributed by atoms with Gasteiger partial charge in [0.1, 0.15) is 0 Å². The Bertz CT molecular complexity index is 612. The fourth-order valence-corrected chi connectivity index (χ4v) is 3.22. The highest BCUT2D eigenvalue weighted by Crippen LogP contribution is 2.26. The number of fused-ring (bicyclic) bond motifs is 1. The average Bonchev–Trinajstić information content (AvgIpc) is 3.01. The zero-order valence-electron chi connectivity index (χ0n) is 11.9. The second-order valence-electron chi connectivity index (χ2n) is 5.41. The maximum Gasteiger partial charge on any atom is 0.254 e. The normalized spacial score (nSPS) is 15.7. The molecule has 0 saturated heterocycles. The molecule has 1 aromatic carbocycles. The van der Waals surface area contributed by atoms with Crippen molar-refractivity contribution in [2.24, 2.45) is 0 Å². The molecule has 3 rings (SSSR count). The van der Waals surface area contributed by atoms with Gasteiger partial charge in [0, 0.05) is 24.2 Å². The smallest absolute Gasteiger partial charge is 0.254 e. The number of rotatable bonds is 3. The molecule has 1 saturated carbocycles. The number of amides is 1. The molecule has 0 radical (unpaired) electrons. The van der Waals surface area contributed by atoms with Crippen LogP contribution >= 0.6 is 0 Å². The van der Waals surface area contributed by atoms with E-state index in [0.717, 1.165) is 35.9 Å². The van der Waals surface area contributed by atoms with Crippen LogP contribution in [0.15, 0.2) is 36.5 Å². The van der Waals surface area contributed by atoms with Crippen molar-refractivity contribution in [3.05, 3.63) is 42.1 Å². The van der Waals surface area contributed by atoms with Crippen LogP contribution in [-0.2, 0) is 0 Å². The second kappa shape index (κ2) is 5.61. The van der Waals surface area contributed by atoms with E-state index in [0.29, 0.717) is 6.04 Å². The highest BCUT2D eigenvalue weighted by Gasteiger charge is 2.26. The summed E-state index contributed by atoms with van der Waals surface area (Å²) in [5.41, 5.74) is 1.67. The van der Waals surface area contributed by atoms with Crippen LogP contribution in [0.3, 0.4) is 0 Å². The van der Waals surface area contributed by atoms with Gasteiger partial charge >= 0.3 is 0 Å². The van der Waals surface area contributed by atoms with Gasteiger partial charge in [-0.1, -0.05) is 31.0 Å². The Morgan fingerprint density at radius 1 is 1.25 bits per heavy atom. The Kier molecular flexibility index (Phi) is 3.68. The molecule has 0 N–H and O–H groups in total. The van der Waals surface area contributed by atoms with Crippen molar-refractivity contribution in [3.8, 4) is 0 Å². The molecule has 1 fully saturated rings. The maximum atomic E-state index is 12.9. The fraction of sp³-hybridized carbons (Fsp3) is 0.412. The molecule has 1 heterocycles. The predicted molar refractivity (Wildman–Crippen MR) is 80.7 cm³/mol. The predicted octanol–water partition coefficient (Wildman–Crippen LogP) is 3.64. The number of carbonyl (C=O) groups is 1. The first-order chi connectivity index (χ1) is 9.81. The number of carbonyl (C=O) groups excluding carboxylic acids is 1. The van der Waals surface area contributed by atoms with Crippen LogP contribution in [0.1, 0.15) is 43.0 Å². The van der Waals surface area contributed by atoms with E-state index < -0.39 is 0 Å². The number of benzene rings is 1. The molecule has 1 aliphatic carbocycles. The molecule has 0 aliphatic heterocycles. The molecule has 2 aromatic rings. The SMILES string of the molecule is CCN(C(=O)c1ccnc2ccccc12)C1CCCC1. The van der Waals surface area contributed by atoms with Crippen molar-refractivity contribution in [3.63, 3.8) is 0 Å². The van der Waals surface area contributed by atoms with Gasteiger partial charge in [-0.2, -0.15) is 0 Å². The molecule has 0 bridgehead atoms. The van der Waals surface area contributed by atoms with Crippen LogP contribution in [0.4, 0.5) is 0 Å². The average molecular weight is 268 g/mol. The van der Waals surface area contributed by atoms with Gasteiger partial charge in [0.2, 0.25) is 0 Å². The molecule has 0 spiro atoms. The minimum atomic E-state index is 0.151. The summed E-state index contributed by atoms with van der Waals surface area (Å²) < 4.78 is 0. The Morgan fingerprint density at radius 3 is 2.75 bits per heavy atom. The second-order valence-corrected chi connectivity index (χ2v) is 5.41. The van der Waals surface area contributed by atoms with E-state index in [1.165, 1.54) is 12.8 Å². The maximum absolute atomic E-state index is 12.9. The molecule has 1 aliphatic rings. The zero-order chi connectivity index (χ0) is 13.9. The number of aromatic nitrogens is 1. The van der Waals surface area contributed by atoms with Crippen molar-refractivity contribution < 1.29 is 4.79 Å². The number of para-hydroxylation sites is 1. The highest BCUT2D eigenvalue weighted by molar-refractivity contribution is 6.06. The lowest BCUT2D eigenvalue weighted by molar-refractivity contribution is 0.0695. The Hall–Kier alpha value is -1.90. The van der Waals surface area contributed by atoms with E-state index >= 15 is 0 Å². The summed E-state index contributed by atoms with van der Waals surface area (Å²) in [4.78, 5) is 19.2. The lowest BCUT2D eigenvalue weighted by atomic mass is 10.1. The molecule has 3 heteroatoms. The summed E-state index contributed by atoms with van der Waals surface area (Å²) in [5, 5.41) is 0.955. The van der Waals surface area contributed by atoms with Crippen LogP contribution in [-0.4, -0.2) is 28.4 Å². The quantitative estimate of drug-likeness (QED) is 0.851. The standard InChI is InChI=1S/C17H20N2O/c1-2-19(13-7-3-4-8-13)17(20)15-11-12-18-16-10-6-5-9-14(15)16/h5-6,9-13H,2-4,7-8H2,1H3. The summed E-state index contributed by atoms with van der Waals surface area (Å²) in [6.07, 6.45) is 6.50. The van der Waals surface area contributed by atoms with Crippen molar-refractivity contribution in [2.45, 2.75) is 38.6 Å². The first kappa shape index (κ1) is 13.1. The lowest BCUT2D eigenvalue weighted by Gasteiger charge is -2.28. The van der Waals surface area contributed by atoms with E-state index in [-0.39, 0.29) is 5.91 Å². The highest BCUT2D eigenvalue weighted by atomic mass is 16.2. The summed E-state index contributed by atoms with van der Waals surface area (Å²) in [6, 6.07) is 10.1. The van der Waals surface area contributed by atoms with E-state index in [1.54, 1.807) is 6.20 Å². The third-order valence-corrected chi connectivity index (χ3v) is 4.25. The Morgan fingerprint density at radius 2 is 2.00 bits per heavy atom. The first-order valence-electron chi connectivity index (χ1n) is 7.46. The van der Waals surface area contributed by atoms with Gasteiger partial charge in [-0.15, -0.1) is 0 Å². The number of nitrogens with zero attached hydrogens (tertiary/aromatic N) is 2. The molecular formula is C17H20N2O. The minimum absolute atomic E-state index is 0.151. The van der Waals surface area contributed by atoms with Crippen LogP contribution < -0.4 is 0 Å². The lowest BCUT2D eigenvalue weighted by Crippen LogP contribution is -2.38. The minimum Gasteiger partial charge on any atom is -0.336 e. The molecule has 0 atom stereocenters. The number of pyridine rings is 1. The van der Waals surface area contributed by atoms with Gasteiger partial charge in [-0.25, -0.2) is 0 Å². The zero-order valence-corrected chi connectivity index (χ0v) is 11.9. The summed E-state index contributed by atoms with van der Waals surface area (Å²) in [6.45, 7) is 2.85. The van der Waals surface area contributed by atoms with Crippen molar-refractivity contribution in [1.29, 1.82) is 0 Å². The van der Waals surface area contributed by atoms with Crippen molar-refractivity contribution >= 4 is 16.8 Å². The van der Waals surface area contributed by atoms with Gasteiger partial charge in [-0.3, -0.25) is 9.78 Å². The van der Waals surface area contributed by atoms with E-state index in [2.05, 4.69) is 11.9 Å². The van der Waals surface area contributed by atoms with E-state index in [9.17, 15) is 4.79 Å². The topological polar surface area (TPSA) is 33.2 Å². The van der Waals surface area contributed by atoms with E-state index in [4.69, 9.17) is 0 Å². The molecule has 0 unspecified atom stereocenters. The molecular weight excluding hydrogens is 248 g/mol. The summed E-state index contributed by atoms with van der Waals surface area (Å²) in [5.74, 6) is 0.151. The fourth-order valence-electron chi connectivity index (χ4n) is 3.22. The number of hydrogen-bond donors (Lipinski definition) is 0. The summed E-state index contributed by atoms with van der Waals surface area (Å²) in [7, 11) is 0. The van der Waals surface area contributed by atoms with E-state index in [1.807, 2.05) is 35.2 Å².